The maximum Gasteiger partial charge on any atom is 0.111 e. The fraction of sp³-hybridized carbons (Fsp3) is 0.438. The second-order valence-electron chi connectivity index (χ2n) is 5.71. The number of hydrogen-bond acceptors (Lipinski definition) is 2. The van der Waals surface area contributed by atoms with Crippen LogP contribution in [0.5, 0.6) is 0 Å². The van der Waals surface area contributed by atoms with Crippen molar-refractivity contribution >= 4 is 11.6 Å². The van der Waals surface area contributed by atoms with E-state index in [9.17, 15) is 0 Å². The van der Waals surface area contributed by atoms with Crippen molar-refractivity contribution in [1.29, 1.82) is 0 Å². The first kappa shape index (κ1) is 13.7. The summed E-state index contributed by atoms with van der Waals surface area (Å²) in [6.45, 7) is 0.891. The van der Waals surface area contributed by atoms with Gasteiger partial charge in [-0.2, -0.15) is 0 Å². The Balaban J connectivity index is 1.88. The van der Waals surface area contributed by atoms with Crippen molar-refractivity contribution in [2.24, 2.45) is 0 Å². The van der Waals surface area contributed by atoms with Crippen LogP contribution in [0.3, 0.4) is 0 Å². The molecule has 1 unspecified atom stereocenters. The predicted molar refractivity (Wildman–Crippen MR) is 82.1 cm³/mol. The summed E-state index contributed by atoms with van der Waals surface area (Å²) in [6.07, 6.45) is 6.54. The first-order chi connectivity index (χ1) is 9.66. The first-order valence-corrected chi connectivity index (χ1v) is 7.46. The quantitative estimate of drug-likeness (QED) is 0.836. The van der Waals surface area contributed by atoms with Gasteiger partial charge < -0.3 is 9.47 Å². The van der Waals surface area contributed by atoms with Gasteiger partial charge in [0.2, 0.25) is 0 Å². The minimum Gasteiger partial charge on any atom is -0.333 e. The summed E-state index contributed by atoms with van der Waals surface area (Å²) < 4.78 is 2.28. The Morgan fingerprint density at radius 2 is 2.10 bits per heavy atom. The van der Waals surface area contributed by atoms with Gasteiger partial charge in [-0.05, 0) is 38.6 Å². The summed E-state index contributed by atoms with van der Waals surface area (Å²) in [6, 6.07) is 8.36. The summed E-state index contributed by atoms with van der Waals surface area (Å²) in [5.74, 6) is 1.89. The van der Waals surface area contributed by atoms with E-state index in [1.807, 2.05) is 24.4 Å². The molecule has 1 aromatic heterocycles. The molecule has 3 rings (SSSR count). The number of benzene rings is 1. The molecule has 20 heavy (non-hydrogen) atoms. The topological polar surface area (TPSA) is 21.1 Å². The molecule has 1 aromatic carbocycles. The molecule has 0 bridgehead atoms. The van der Waals surface area contributed by atoms with Crippen LogP contribution in [0.1, 0.15) is 36.2 Å². The Kier molecular flexibility index (Phi) is 3.81. The number of nitrogens with zero attached hydrogens (tertiary/aromatic N) is 3. The molecule has 1 aliphatic rings. The molecule has 0 radical (unpaired) electrons. The van der Waals surface area contributed by atoms with Gasteiger partial charge in [-0.25, -0.2) is 4.98 Å². The predicted octanol–water partition coefficient (Wildman–Crippen LogP) is 3.72. The zero-order valence-corrected chi connectivity index (χ0v) is 12.7. The van der Waals surface area contributed by atoms with Crippen molar-refractivity contribution in [2.75, 3.05) is 14.1 Å². The number of hydrogen-bond donors (Lipinski definition) is 0. The molecule has 0 spiro atoms. The van der Waals surface area contributed by atoms with Gasteiger partial charge in [0.1, 0.15) is 5.82 Å². The van der Waals surface area contributed by atoms with E-state index in [0.29, 0.717) is 5.92 Å². The molecule has 3 nitrogen and oxygen atoms in total. The molecule has 0 aliphatic heterocycles. The minimum atomic E-state index is 0.260. The van der Waals surface area contributed by atoms with Gasteiger partial charge in [0, 0.05) is 29.9 Å². The standard InChI is InChI=1S/C16H20ClN3/c1-19(2)15(13-5-3-4-6-14(13)17)11-20-10-9-18-16(20)12-7-8-12/h3-6,9-10,12,15H,7-8,11H2,1-2H3. The maximum absolute atomic E-state index is 6.37. The van der Waals surface area contributed by atoms with Crippen LogP contribution in [0.4, 0.5) is 0 Å². The Bertz CT molecular complexity index is 587. The van der Waals surface area contributed by atoms with Crippen LogP contribution in [0.2, 0.25) is 5.02 Å². The lowest BCUT2D eigenvalue weighted by Crippen LogP contribution is -2.25. The largest absolute Gasteiger partial charge is 0.333 e. The molecule has 0 saturated heterocycles. The van der Waals surface area contributed by atoms with Crippen molar-refractivity contribution in [3.63, 3.8) is 0 Å². The van der Waals surface area contributed by atoms with Gasteiger partial charge in [-0.1, -0.05) is 29.8 Å². The smallest absolute Gasteiger partial charge is 0.111 e. The lowest BCUT2D eigenvalue weighted by Gasteiger charge is -2.26. The van der Waals surface area contributed by atoms with Crippen LogP contribution in [0, 0.1) is 0 Å². The van der Waals surface area contributed by atoms with Gasteiger partial charge in [0.25, 0.3) is 0 Å². The molecular formula is C16H20ClN3. The van der Waals surface area contributed by atoms with Crippen LogP contribution < -0.4 is 0 Å². The van der Waals surface area contributed by atoms with E-state index in [4.69, 9.17) is 11.6 Å². The van der Waals surface area contributed by atoms with Crippen molar-refractivity contribution in [3.05, 3.63) is 53.1 Å². The summed E-state index contributed by atoms with van der Waals surface area (Å²) in [5.41, 5.74) is 1.18. The maximum atomic E-state index is 6.37. The normalized spacial score (nSPS) is 16.6. The molecule has 4 heteroatoms. The zero-order chi connectivity index (χ0) is 14.1. The van der Waals surface area contributed by atoms with Crippen LogP contribution >= 0.6 is 11.6 Å². The third-order valence-electron chi connectivity index (χ3n) is 3.95. The summed E-state index contributed by atoms with van der Waals surface area (Å²) in [7, 11) is 4.20. The van der Waals surface area contributed by atoms with Crippen molar-refractivity contribution in [3.8, 4) is 0 Å². The number of aromatic nitrogens is 2. The summed E-state index contributed by atoms with van der Waals surface area (Å²) in [4.78, 5) is 6.74. The fourth-order valence-corrected chi connectivity index (χ4v) is 2.91. The lowest BCUT2D eigenvalue weighted by molar-refractivity contribution is 0.267. The zero-order valence-electron chi connectivity index (χ0n) is 12.0. The highest BCUT2D eigenvalue weighted by atomic mass is 35.5. The highest BCUT2D eigenvalue weighted by Crippen LogP contribution is 2.39. The molecular weight excluding hydrogens is 270 g/mol. The van der Waals surface area contributed by atoms with Crippen LogP contribution in [0.25, 0.3) is 0 Å². The van der Waals surface area contributed by atoms with E-state index in [2.05, 4.69) is 40.8 Å². The van der Waals surface area contributed by atoms with E-state index < -0.39 is 0 Å². The van der Waals surface area contributed by atoms with E-state index in [0.717, 1.165) is 11.6 Å². The van der Waals surface area contributed by atoms with Crippen LogP contribution in [-0.2, 0) is 6.54 Å². The monoisotopic (exact) mass is 289 g/mol. The fourth-order valence-electron chi connectivity index (χ4n) is 2.65. The number of rotatable bonds is 5. The molecule has 1 saturated carbocycles. The van der Waals surface area contributed by atoms with Crippen LogP contribution in [-0.4, -0.2) is 28.5 Å². The Hall–Kier alpha value is -1.32. The molecule has 0 amide bonds. The number of halogens is 1. The minimum absolute atomic E-state index is 0.260. The highest BCUT2D eigenvalue weighted by molar-refractivity contribution is 6.31. The first-order valence-electron chi connectivity index (χ1n) is 7.08. The highest BCUT2D eigenvalue weighted by Gasteiger charge is 2.29. The summed E-state index contributed by atoms with van der Waals surface area (Å²) in [5, 5.41) is 0.833. The molecule has 2 aromatic rings. The molecule has 0 N–H and O–H groups in total. The average Bonchev–Trinajstić information content (AvgIpc) is 3.16. The lowest BCUT2D eigenvalue weighted by atomic mass is 10.1. The van der Waals surface area contributed by atoms with E-state index >= 15 is 0 Å². The van der Waals surface area contributed by atoms with E-state index in [-0.39, 0.29) is 6.04 Å². The second kappa shape index (κ2) is 5.58. The number of likely N-dealkylation sites (N-methyl/N-ethyl adjacent to an activating group) is 1. The van der Waals surface area contributed by atoms with Crippen molar-refractivity contribution in [1.82, 2.24) is 14.5 Å². The van der Waals surface area contributed by atoms with Crippen molar-refractivity contribution < 1.29 is 0 Å². The van der Waals surface area contributed by atoms with Gasteiger partial charge in [-0.15, -0.1) is 0 Å². The molecule has 1 aliphatic carbocycles. The molecule has 1 atom stereocenters. The molecule has 1 fully saturated rings. The van der Waals surface area contributed by atoms with Crippen LogP contribution in [0.15, 0.2) is 36.7 Å². The SMILES string of the molecule is CN(C)C(Cn1ccnc1C1CC1)c1ccccc1Cl. The number of imidazole rings is 1. The third kappa shape index (κ3) is 2.74. The van der Waals surface area contributed by atoms with E-state index in [1.165, 1.54) is 24.2 Å². The second-order valence-corrected chi connectivity index (χ2v) is 6.12. The van der Waals surface area contributed by atoms with Crippen molar-refractivity contribution in [2.45, 2.75) is 31.3 Å². The Labute approximate surface area is 125 Å². The third-order valence-corrected chi connectivity index (χ3v) is 4.29. The summed E-state index contributed by atoms with van der Waals surface area (Å²) >= 11 is 6.37. The van der Waals surface area contributed by atoms with Gasteiger partial charge in [-0.3, -0.25) is 0 Å². The average molecular weight is 290 g/mol. The van der Waals surface area contributed by atoms with Gasteiger partial charge >= 0.3 is 0 Å². The Morgan fingerprint density at radius 3 is 2.75 bits per heavy atom. The van der Waals surface area contributed by atoms with Gasteiger partial charge in [0.05, 0.1) is 6.04 Å². The Morgan fingerprint density at radius 1 is 1.35 bits per heavy atom. The van der Waals surface area contributed by atoms with Gasteiger partial charge in [0.15, 0.2) is 0 Å². The molecule has 106 valence electrons. The molecule has 1 heterocycles. The van der Waals surface area contributed by atoms with E-state index in [1.54, 1.807) is 0 Å².